The lowest BCUT2D eigenvalue weighted by Crippen LogP contribution is -2.00. The first-order chi connectivity index (χ1) is 6.61. The van der Waals surface area contributed by atoms with Gasteiger partial charge >= 0.3 is 0 Å². The van der Waals surface area contributed by atoms with Crippen LogP contribution >= 0.6 is 15.9 Å². The molecule has 0 radical (unpaired) electrons. The number of nitrogens with zero attached hydrogens (tertiary/aromatic N) is 2. The minimum atomic E-state index is -2.69. The minimum absolute atomic E-state index is 0.0431. The van der Waals surface area contributed by atoms with Crippen molar-refractivity contribution in [1.29, 1.82) is 5.26 Å². The first kappa shape index (κ1) is 11.0. The van der Waals surface area contributed by atoms with Gasteiger partial charge in [-0.2, -0.15) is 5.26 Å². The van der Waals surface area contributed by atoms with Crippen LogP contribution < -0.4 is 0 Å². The number of pyridine rings is 1. The van der Waals surface area contributed by atoms with Crippen molar-refractivity contribution in [2.24, 2.45) is 0 Å². The zero-order valence-electron chi connectivity index (χ0n) is 6.84. The maximum Gasteiger partial charge on any atom is 0.266 e. The molecule has 1 heterocycles. The number of hydrogen-bond donors (Lipinski definition) is 1. The van der Waals surface area contributed by atoms with E-state index in [1.54, 1.807) is 6.07 Å². The smallest absolute Gasteiger partial charge is 0.266 e. The van der Waals surface area contributed by atoms with Crippen molar-refractivity contribution in [2.45, 2.75) is 13.0 Å². The van der Waals surface area contributed by atoms with Crippen LogP contribution in [0, 0.1) is 11.3 Å². The fourth-order valence-corrected chi connectivity index (χ4v) is 1.53. The molecule has 0 fully saturated rings. The van der Waals surface area contributed by atoms with Gasteiger partial charge in [0.05, 0.1) is 12.2 Å². The van der Waals surface area contributed by atoms with Crippen LogP contribution in [0.5, 0.6) is 0 Å². The summed E-state index contributed by atoms with van der Waals surface area (Å²) < 4.78 is 24.7. The van der Waals surface area contributed by atoms with E-state index in [9.17, 15) is 8.78 Å². The summed E-state index contributed by atoms with van der Waals surface area (Å²) in [5.41, 5.74) is -0.290. The van der Waals surface area contributed by atoms with Crippen LogP contribution in [0.2, 0.25) is 0 Å². The maximum absolute atomic E-state index is 12.3. The number of aromatic nitrogens is 1. The van der Waals surface area contributed by atoms with Crippen LogP contribution in [-0.2, 0) is 6.61 Å². The third-order valence-corrected chi connectivity index (χ3v) is 2.57. The van der Waals surface area contributed by atoms with Crippen molar-refractivity contribution in [2.75, 3.05) is 0 Å². The molecule has 0 saturated heterocycles. The molecule has 0 spiro atoms. The van der Waals surface area contributed by atoms with Gasteiger partial charge < -0.3 is 5.11 Å². The molecule has 0 aliphatic rings. The molecule has 0 aromatic carbocycles. The summed E-state index contributed by atoms with van der Waals surface area (Å²) in [4.78, 5) is 3.52. The number of nitriles is 1. The summed E-state index contributed by atoms with van der Waals surface area (Å²) >= 11 is 2.90. The molecule has 6 heteroatoms. The van der Waals surface area contributed by atoms with E-state index in [4.69, 9.17) is 10.4 Å². The summed E-state index contributed by atoms with van der Waals surface area (Å²) in [6.45, 7) is -0.503. The predicted molar refractivity (Wildman–Crippen MR) is 47.5 cm³/mol. The summed E-state index contributed by atoms with van der Waals surface area (Å²) in [6.07, 6.45) is -1.76. The van der Waals surface area contributed by atoms with Crippen molar-refractivity contribution in [3.8, 4) is 6.07 Å². The second kappa shape index (κ2) is 4.44. The van der Waals surface area contributed by atoms with Crippen LogP contribution in [-0.4, -0.2) is 10.1 Å². The molecule has 0 atom stereocenters. The largest absolute Gasteiger partial charge is 0.392 e. The Morgan fingerprint density at radius 3 is 2.71 bits per heavy atom. The van der Waals surface area contributed by atoms with Crippen molar-refractivity contribution in [3.05, 3.63) is 27.5 Å². The molecule has 0 bridgehead atoms. The molecular formula is C8H5BrF2N2O. The Labute approximate surface area is 87.1 Å². The average Bonchev–Trinajstić information content (AvgIpc) is 2.16. The van der Waals surface area contributed by atoms with Gasteiger partial charge in [-0.05, 0) is 15.9 Å². The van der Waals surface area contributed by atoms with E-state index < -0.39 is 13.0 Å². The zero-order valence-corrected chi connectivity index (χ0v) is 8.42. The summed E-state index contributed by atoms with van der Waals surface area (Å²) in [5, 5.41) is 17.4. The van der Waals surface area contributed by atoms with Gasteiger partial charge in [-0.15, -0.1) is 0 Å². The molecule has 1 N–H and O–H groups in total. The Morgan fingerprint density at radius 2 is 2.29 bits per heavy atom. The lowest BCUT2D eigenvalue weighted by molar-refractivity contribution is 0.149. The number of aliphatic hydroxyl groups is 1. The Kier molecular flexibility index (Phi) is 3.49. The fraction of sp³-hybridized carbons (Fsp3) is 0.250. The van der Waals surface area contributed by atoms with E-state index in [1.165, 1.54) is 0 Å². The number of hydrogen-bond acceptors (Lipinski definition) is 3. The first-order valence-corrected chi connectivity index (χ1v) is 4.37. The van der Waals surface area contributed by atoms with Crippen molar-refractivity contribution in [3.63, 3.8) is 0 Å². The van der Waals surface area contributed by atoms with Gasteiger partial charge in [0.2, 0.25) is 0 Å². The second-order valence-corrected chi connectivity index (χ2v) is 3.22. The minimum Gasteiger partial charge on any atom is -0.392 e. The van der Waals surface area contributed by atoms with Crippen LogP contribution in [0.4, 0.5) is 8.78 Å². The summed E-state index contributed by atoms with van der Waals surface area (Å²) in [7, 11) is 0. The quantitative estimate of drug-likeness (QED) is 0.889. The maximum atomic E-state index is 12.3. The van der Waals surface area contributed by atoms with E-state index >= 15 is 0 Å². The van der Waals surface area contributed by atoms with E-state index in [-0.39, 0.29) is 21.3 Å². The van der Waals surface area contributed by atoms with Gasteiger partial charge in [-0.1, -0.05) is 0 Å². The van der Waals surface area contributed by atoms with Crippen LogP contribution in [0.15, 0.2) is 10.7 Å². The lowest BCUT2D eigenvalue weighted by atomic mass is 10.1. The highest BCUT2D eigenvalue weighted by Crippen LogP contribution is 2.30. The Hall–Kier alpha value is -1.06. The highest BCUT2D eigenvalue weighted by molar-refractivity contribution is 9.10. The van der Waals surface area contributed by atoms with E-state index in [0.29, 0.717) is 0 Å². The van der Waals surface area contributed by atoms with Crippen LogP contribution in [0.1, 0.15) is 23.2 Å². The molecule has 14 heavy (non-hydrogen) atoms. The Balaban J connectivity index is 3.37. The fourth-order valence-electron chi connectivity index (χ4n) is 0.940. The van der Waals surface area contributed by atoms with Gasteiger partial charge in [0.25, 0.3) is 6.43 Å². The van der Waals surface area contributed by atoms with Gasteiger partial charge in [0.1, 0.15) is 11.8 Å². The molecule has 74 valence electrons. The molecule has 1 rings (SSSR count). The van der Waals surface area contributed by atoms with E-state index in [2.05, 4.69) is 20.9 Å². The highest BCUT2D eigenvalue weighted by atomic mass is 79.9. The Bertz CT molecular complexity index is 390. The van der Waals surface area contributed by atoms with Gasteiger partial charge in [-0.3, -0.25) is 0 Å². The number of rotatable bonds is 2. The van der Waals surface area contributed by atoms with Gasteiger partial charge in [-0.25, -0.2) is 13.8 Å². The predicted octanol–water partition coefficient (Wildman–Crippen LogP) is 2.15. The number of aliphatic hydroxyl groups excluding tert-OH is 1. The molecule has 1 aromatic heterocycles. The third-order valence-electron chi connectivity index (χ3n) is 1.64. The van der Waals surface area contributed by atoms with E-state index in [1.807, 2.05) is 0 Å². The van der Waals surface area contributed by atoms with Crippen molar-refractivity contribution in [1.82, 2.24) is 4.98 Å². The molecule has 0 saturated carbocycles. The van der Waals surface area contributed by atoms with E-state index in [0.717, 1.165) is 6.20 Å². The van der Waals surface area contributed by atoms with Crippen LogP contribution in [0.25, 0.3) is 0 Å². The summed E-state index contributed by atoms with van der Waals surface area (Å²) in [5.74, 6) is 0. The second-order valence-electron chi connectivity index (χ2n) is 2.43. The molecule has 0 unspecified atom stereocenters. The lowest BCUT2D eigenvalue weighted by Gasteiger charge is -2.07. The molecule has 1 aromatic rings. The topological polar surface area (TPSA) is 56.9 Å². The molecule has 0 aliphatic carbocycles. The molecule has 3 nitrogen and oxygen atoms in total. The van der Waals surface area contributed by atoms with Crippen molar-refractivity contribution >= 4 is 15.9 Å². The SMILES string of the molecule is N#Cc1ncc(C(F)F)c(Br)c1CO. The number of alkyl halides is 2. The van der Waals surface area contributed by atoms with Gasteiger partial charge in [0, 0.05) is 16.2 Å². The standard InChI is InChI=1S/C8H5BrF2N2O/c9-7-4(8(10)11)2-13-6(1-12)5(7)3-14/h2,8,14H,3H2. The van der Waals surface area contributed by atoms with Crippen LogP contribution in [0.3, 0.4) is 0 Å². The van der Waals surface area contributed by atoms with Crippen molar-refractivity contribution < 1.29 is 13.9 Å². The summed E-state index contributed by atoms with van der Waals surface area (Å²) in [6, 6.07) is 1.71. The Morgan fingerprint density at radius 1 is 1.64 bits per heavy atom. The highest BCUT2D eigenvalue weighted by Gasteiger charge is 2.17. The average molecular weight is 263 g/mol. The monoisotopic (exact) mass is 262 g/mol. The molecule has 0 aliphatic heterocycles. The zero-order chi connectivity index (χ0) is 10.7. The molecule has 0 amide bonds. The first-order valence-electron chi connectivity index (χ1n) is 3.58. The molecular weight excluding hydrogens is 258 g/mol. The number of halogens is 3. The third kappa shape index (κ3) is 1.89. The van der Waals surface area contributed by atoms with Gasteiger partial charge in [0.15, 0.2) is 0 Å². The normalized spacial score (nSPS) is 10.3.